The quantitative estimate of drug-likeness (QED) is 0.459. The third kappa shape index (κ3) is 3.55. The Labute approximate surface area is 113 Å². The van der Waals surface area contributed by atoms with E-state index in [-0.39, 0.29) is 0 Å². The minimum absolute atomic E-state index is 0.652. The van der Waals surface area contributed by atoms with Gasteiger partial charge in [-0.3, -0.25) is 4.79 Å². The van der Waals surface area contributed by atoms with Crippen LogP contribution in [-0.4, -0.2) is 12.9 Å². The van der Waals surface area contributed by atoms with Crippen LogP contribution in [0.25, 0.3) is 11.6 Å². The first-order chi connectivity index (χ1) is 9.33. The highest BCUT2D eigenvalue weighted by Gasteiger charge is 2.00. The van der Waals surface area contributed by atoms with Crippen LogP contribution in [0.15, 0.2) is 54.6 Å². The topological polar surface area (TPSA) is 26.3 Å². The molecule has 0 aliphatic heterocycles. The molecule has 2 aromatic rings. The highest BCUT2D eigenvalue weighted by Crippen LogP contribution is 2.18. The van der Waals surface area contributed by atoms with Crippen molar-refractivity contribution < 1.29 is 9.53 Å². The van der Waals surface area contributed by atoms with Gasteiger partial charge < -0.3 is 4.74 Å². The normalized spacial score (nSPS) is 11.1. The lowest BCUT2D eigenvalue weighted by atomic mass is 10.0. The summed E-state index contributed by atoms with van der Waals surface area (Å²) in [5.41, 5.74) is 2.57. The minimum Gasteiger partial charge on any atom is -0.494 e. The molecule has 0 saturated carbocycles. The number of carbonyl (C=O) groups is 1. The molecule has 0 bridgehead atoms. The maximum atomic E-state index is 11.2. The Bertz CT molecular complexity index is 554. The summed E-state index contributed by atoms with van der Waals surface area (Å²) in [7, 11) is 0. The van der Waals surface area contributed by atoms with Crippen LogP contribution in [0, 0.1) is 0 Å². The first-order valence-corrected chi connectivity index (χ1v) is 6.28. The van der Waals surface area contributed by atoms with E-state index in [1.165, 1.54) is 0 Å². The van der Waals surface area contributed by atoms with Crippen molar-refractivity contribution in [3.63, 3.8) is 0 Å². The zero-order valence-electron chi connectivity index (χ0n) is 10.9. The summed E-state index contributed by atoms with van der Waals surface area (Å²) < 4.78 is 5.39. The van der Waals surface area contributed by atoms with Gasteiger partial charge in [0, 0.05) is 5.57 Å². The van der Waals surface area contributed by atoms with Gasteiger partial charge in [-0.25, -0.2) is 0 Å². The van der Waals surface area contributed by atoms with Crippen LogP contribution in [0.4, 0.5) is 0 Å². The number of hydrogen-bond donors (Lipinski definition) is 0. The van der Waals surface area contributed by atoms with E-state index >= 15 is 0 Å². The number of rotatable bonds is 5. The lowest BCUT2D eigenvalue weighted by molar-refractivity contribution is -0.103. The second-order valence-corrected chi connectivity index (χ2v) is 4.09. The van der Waals surface area contributed by atoms with Crippen molar-refractivity contribution in [2.45, 2.75) is 6.92 Å². The van der Waals surface area contributed by atoms with E-state index in [0.29, 0.717) is 12.2 Å². The van der Waals surface area contributed by atoms with Gasteiger partial charge in [0.25, 0.3) is 0 Å². The molecule has 0 saturated heterocycles. The largest absolute Gasteiger partial charge is 0.494 e. The molecule has 2 heteroatoms. The Morgan fingerprint density at radius 1 is 1.05 bits per heavy atom. The van der Waals surface area contributed by atoms with Crippen molar-refractivity contribution in [1.82, 2.24) is 0 Å². The molecule has 0 spiro atoms. The van der Waals surface area contributed by atoms with Crippen molar-refractivity contribution in [3.05, 3.63) is 65.7 Å². The molecule has 2 rings (SSSR count). The summed E-state index contributed by atoms with van der Waals surface area (Å²) in [4.78, 5) is 11.2. The fraction of sp³-hybridized carbons (Fsp3) is 0.118. The van der Waals surface area contributed by atoms with Crippen molar-refractivity contribution >= 4 is 17.9 Å². The first-order valence-electron chi connectivity index (χ1n) is 6.28. The Hall–Kier alpha value is -2.35. The molecule has 2 nitrogen and oxygen atoms in total. The summed E-state index contributed by atoms with van der Waals surface area (Å²) in [6.45, 7) is 2.60. The smallest absolute Gasteiger partial charge is 0.150 e. The van der Waals surface area contributed by atoms with Gasteiger partial charge in [0.2, 0.25) is 0 Å². The summed E-state index contributed by atoms with van der Waals surface area (Å²) >= 11 is 0. The van der Waals surface area contributed by atoms with Crippen LogP contribution >= 0.6 is 0 Å². The lowest BCUT2D eigenvalue weighted by Gasteiger charge is -2.04. The van der Waals surface area contributed by atoms with E-state index in [9.17, 15) is 4.79 Å². The van der Waals surface area contributed by atoms with Gasteiger partial charge in [-0.05, 0) is 36.3 Å². The molecule has 0 radical (unpaired) electrons. The Morgan fingerprint density at radius 2 is 1.74 bits per heavy atom. The molecule has 0 fully saturated rings. The molecule has 96 valence electrons. The van der Waals surface area contributed by atoms with E-state index in [0.717, 1.165) is 23.2 Å². The van der Waals surface area contributed by atoms with Gasteiger partial charge in [-0.1, -0.05) is 42.5 Å². The molecule has 19 heavy (non-hydrogen) atoms. The fourth-order valence-corrected chi connectivity index (χ4v) is 1.82. The van der Waals surface area contributed by atoms with E-state index in [4.69, 9.17) is 4.74 Å². The Balaban J connectivity index is 2.25. The van der Waals surface area contributed by atoms with E-state index in [1.807, 2.05) is 67.6 Å². The third-order valence-electron chi connectivity index (χ3n) is 2.75. The van der Waals surface area contributed by atoms with Crippen molar-refractivity contribution in [2.75, 3.05) is 6.61 Å². The van der Waals surface area contributed by atoms with Gasteiger partial charge in [0.1, 0.15) is 5.75 Å². The lowest BCUT2D eigenvalue weighted by Crippen LogP contribution is -1.90. The molecule has 2 aromatic carbocycles. The van der Waals surface area contributed by atoms with Gasteiger partial charge >= 0.3 is 0 Å². The predicted molar refractivity (Wildman–Crippen MR) is 78.0 cm³/mol. The average molecular weight is 252 g/mol. The predicted octanol–water partition coefficient (Wildman–Crippen LogP) is 3.82. The number of aldehydes is 1. The van der Waals surface area contributed by atoms with Crippen LogP contribution < -0.4 is 4.74 Å². The third-order valence-corrected chi connectivity index (χ3v) is 2.75. The van der Waals surface area contributed by atoms with Crippen LogP contribution in [0.3, 0.4) is 0 Å². The zero-order chi connectivity index (χ0) is 13.5. The average Bonchev–Trinajstić information content (AvgIpc) is 2.48. The van der Waals surface area contributed by atoms with E-state index in [2.05, 4.69) is 0 Å². The highest BCUT2D eigenvalue weighted by atomic mass is 16.5. The van der Waals surface area contributed by atoms with Gasteiger partial charge in [0.05, 0.1) is 6.61 Å². The maximum Gasteiger partial charge on any atom is 0.150 e. The molecule has 0 heterocycles. The number of allylic oxidation sites excluding steroid dienone is 1. The number of benzene rings is 2. The summed E-state index contributed by atoms with van der Waals surface area (Å²) in [6.07, 6.45) is 2.75. The second-order valence-electron chi connectivity index (χ2n) is 4.09. The summed E-state index contributed by atoms with van der Waals surface area (Å²) in [5.74, 6) is 0.840. The molecule has 0 aromatic heterocycles. The first kappa shape index (κ1) is 13.1. The van der Waals surface area contributed by atoms with Crippen molar-refractivity contribution in [2.24, 2.45) is 0 Å². The second kappa shape index (κ2) is 6.55. The van der Waals surface area contributed by atoms with E-state index in [1.54, 1.807) is 0 Å². The SMILES string of the molecule is CCOc1ccc(/C=C(/C=O)c2ccccc2)cc1. The summed E-state index contributed by atoms with van der Waals surface area (Å²) in [6, 6.07) is 17.3. The van der Waals surface area contributed by atoms with Crippen molar-refractivity contribution in [3.8, 4) is 5.75 Å². The number of hydrogen-bond acceptors (Lipinski definition) is 2. The van der Waals surface area contributed by atoms with Gasteiger partial charge in [-0.15, -0.1) is 0 Å². The van der Waals surface area contributed by atoms with Gasteiger partial charge in [-0.2, -0.15) is 0 Å². The molecule has 0 aliphatic rings. The van der Waals surface area contributed by atoms with Crippen LogP contribution in [-0.2, 0) is 4.79 Å². The fourth-order valence-electron chi connectivity index (χ4n) is 1.82. The molecular weight excluding hydrogens is 236 g/mol. The van der Waals surface area contributed by atoms with Crippen LogP contribution in [0.5, 0.6) is 5.75 Å². The molecule has 0 atom stereocenters. The maximum absolute atomic E-state index is 11.2. The Kier molecular flexibility index (Phi) is 4.51. The Morgan fingerprint density at radius 3 is 2.32 bits per heavy atom. The molecule has 0 amide bonds. The van der Waals surface area contributed by atoms with Crippen LogP contribution in [0.1, 0.15) is 18.1 Å². The molecule has 0 N–H and O–H groups in total. The monoisotopic (exact) mass is 252 g/mol. The molecular formula is C17H16O2. The number of carbonyl (C=O) groups excluding carboxylic acids is 1. The van der Waals surface area contributed by atoms with Crippen LogP contribution in [0.2, 0.25) is 0 Å². The van der Waals surface area contributed by atoms with E-state index < -0.39 is 0 Å². The summed E-state index contributed by atoms with van der Waals surface area (Å²) in [5, 5.41) is 0. The highest BCUT2D eigenvalue weighted by molar-refractivity contribution is 6.13. The molecule has 0 unspecified atom stereocenters. The minimum atomic E-state index is 0.652. The van der Waals surface area contributed by atoms with Crippen molar-refractivity contribution in [1.29, 1.82) is 0 Å². The zero-order valence-corrected chi connectivity index (χ0v) is 10.9. The standard InChI is InChI=1S/C17H16O2/c1-2-19-17-10-8-14(9-11-17)12-16(13-18)15-6-4-3-5-7-15/h3-13H,2H2,1H3/b16-12-. The van der Waals surface area contributed by atoms with Gasteiger partial charge in [0.15, 0.2) is 6.29 Å². The molecule has 0 aliphatic carbocycles. The number of ether oxygens (including phenoxy) is 1.